The van der Waals surface area contributed by atoms with Gasteiger partial charge in [-0.25, -0.2) is 29.3 Å². The Morgan fingerprint density at radius 3 is 1.06 bits per heavy atom. The second kappa shape index (κ2) is 41.2. The molecule has 10 aromatic rings. The van der Waals surface area contributed by atoms with Crippen molar-refractivity contribution >= 4 is 146 Å². The summed E-state index contributed by atoms with van der Waals surface area (Å²) in [6.07, 6.45) is 42.1. The molecule has 7 saturated heterocycles. The summed E-state index contributed by atoms with van der Waals surface area (Å²) in [6, 6.07) is 13.1. The highest BCUT2D eigenvalue weighted by Gasteiger charge is 2.37. The number of rotatable bonds is 29. The fraction of sp³-hybridized carbons (Fsp3) is 0.455. The van der Waals surface area contributed by atoms with E-state index in [4.69, 9.17) is 34.4 Å². The highest BCUT2D eigenvalue weighted by Crippen LogP contribution is 2.41. The zero-order valence-corrected chi connectivity index (χ0v) is 79.4. The van der Waals surface area contributed by atoms with Crippen LogP contribution in [0.1, 0.15) is 201 Å². The average molecular weight is 1920 g/mol. The normalized spacial score (nSPS) is 22.6. The van der Waals surface area contributed by atoms with Crippen LogP contribution in [0.5, 0.6) is 0 Å². The van der Waals surface area contributed by atoms with E-state index in [0.717, 1.165) is 240 Å². The molecule has 1 atom stereocenters. The first-order valence-corrected chi connectivity index (χ1v) is 49.5. The number of methoxy groups -OCH3 is 1. The lowest BCUT2D eigenvalue weighted by Crippen LogP contribution is -2.30. The first-order chi connectivity index (χ1) is 68.4. The summed E-state index contributed by atoms with van der Waals surface area (Å²) in [5.74, 6) is 8.29. The van der Waals surface area contributed by atoms with Crippen LogP contribution >= 0.6 is 0 Å². The number of aliphatic hydroxyl groups excluding tert-OH is 2. The van der Waals surface area contributed by atoms with Crippen LogP contribution in [-0.4, -0.2) is 227 Å². The first-order valence-electron chi connectivity index (χ1n) is 49.5. The van der Waals surface area contributed by atoms with Gasteiger partial charge in [0.15, 0.2) is 28.2 Å². The molecule has 0 aromatic carbocycles. The van der Waals surface area contributed by atoms with Gasteiger partial charge in [0, 0.05) is 181 Å². The van der Waals surface area contributed by atoms with Crippen molar-refractivity contribution in [2.24, 2.45) is 5.41 Å². The number of fused-ring (bicyclic) bond motifs is 5. The number of anilines is 10. The molecule has 7 saturated carbocycles. The van der Waals surface area contributed by atoms with E-state index in [1.165, 1.54) is 51.4 Å². The fourth-order valence-corrected chi connectivity index (χ4v) is 18.7. The molecule has 738 valence electrons. The number of carbonyl (C=O) groups excluding carboxylic acids is 5. The summed E-state index contributed by atoms with van der Waals surface area (Å²) in [4.78, 5) is 84.1. The van der Waals surface area contributed by atoms with Gasteiger partial charge in [-0.3, -0.25) is 24.0 Å². The van der Waals surface area contributed by atoms with Crippen LogP contribution in [0.3, 0.4) is 0 Å². The number of ether oxygens (including phenoxy) is 2. The van der Waals surface area contributed by atoms with Crippen LogP contribution in [0.15, 0.2) is 151 Å². The molecule has 14 aliphatic rings. The number of halogens is 1. The van der Waals surface area contributed by atoms with E-state index in [2.05, 4.69) is 133 Å². The summed E-state index contributed by atoms with van der Waals surface area (Å²) in [6.45, 7) is 24.5. The summed E-state index contributed by atoms with van der Waals surface area (Å²) in [5, 5.41) is 87.6. The number of nitrogens with one attached hydrogen (secondary N) is 14. The van der Waals surface area contributed by atoms with Gasteiger partial charge in [0.05, 0.1) is 82.3 Å². The van der Waals surface area contributed by atoms with Crippen LogP contribution < -0.4 is 79.3 Å². The standard InChI is InChI=1S/C22H28N6O2.C21H26N6O2.C20H24N6O2.C19H21FN6O.C19H24N6O2/c1-14-15(9-20(30)25-14)8-16-11-24-28-19(26-17-4-5-17)10-18(27-21(16)28)23-12-22(13-29)6-2-3-7-22;1-12-13(9-20(29)23-12)8-14-11-22-27-19(25-16-2-3-16)10-18(26-21(14)27)24-15-4-6-17(28)7-5-15;1-12-13(9-19(27)22-12)8-14-11-21-26-18(24-15-2-3-15)10-17(25-20(14)26)23-16-4-6-28-7-5-16;1-11-12(7-18(27)22-11)6-13-9-21-26-17(23-15-2-3-15)8-16(24-19(13)26)25-5-4-14(20)10-25;1-12-13(9-18(26)22-12)8-14-11-21-25-17(23-15-4-5-15)10-16(24-19(14)25)20-6-3-7-27-2/h8,10-11,17,26,29H,1-7,9,12-13H2,(H,23,27)(H,25,30);8,10-11,15-17,25,28H,1-7,9H2,(H,23,29)(H,24,26);8,10-11,15-16,24H,1-7,9H2,(H,22,27)(H,23,25);6,8-9,14-15,23H,1-5,7,10H2,(H,22,27);8,10-11,15,23H,1,3-7,9H2,2H3,(H,20,24)(H,22,26)/b15-8+;2*13-8+;12-6+;13-8+/t;;;14-;/m...0./s1. The molecule has 40 heteroatoms. The summed E-state index contributed by atoms with van der Waals surface area (Å²) >= 11 is 0. The summed E-state index contributed by atoms with van der Waals surface area (Å²) < 4.78 is 33.3. The Morgan fingerprint density at radius 1 is 0.426 bits per heavy atom. The predicted octanol–water partition coefficient (Wildman–Crippen LogP) is 11.9. The summed E-state index contributed by atoms with van der Waals surface area (Å²) in [5.41, 5.74) is 15.4. The smallest absolute Gasteiger partial charge is 0.228 e. The number of carbonyl (C=O) groups is 5. The third-order valence-corrected chi connectivity index (χ3v) is 27.5. The maximum atomic E-state index is 13.7. The van der Waals surface area contributed by atoms with Gasteiger partial charge in [0.25, 0.3) is 0 Å². The maximum Gasteiger partial charge on any atom is 0.228 e. The molecule has 39 nitrogen and oxygen atoms in total. The van der Waals surface area contributed by atoms with E-state index in [1.54, 1.807) is 42.6 Å². The molecule has 0 unspecified atom stereocenters. The SMILES string of the molecule is C=C1NC(=O)C/C1=C\c1cnn2c(NC3CC3)cc(N3CC[C@H](F)C3)nc12.C=C1NC(=O)C/C1=C\c1cnn2c(NC3CC3)cc(NC3CCC(O)CC3)nc12.C=C1NC(=O)C/C1=C\c1cnn2c(NC3CC3)cc(NC3CCOCC3)nc12.C=C1NC(=O)C/C1=C\c1cnn2c(NC3CC3)cc(NCC3(CO)CCCC3)nc12.C=C1NC(=O)C/C1=C\c1cnn2c(NC3CC3)cc(NCCCOC)nc12. The zero-order chi connectivity index (χ0) is 97.1. The molecule has 0 spiro atoms. The molecule has 7 aliphatic heterocycles. The van der Waals surface area contributed by atoms with Gasteiger partial charge in [-0.05, 0) is 187 Å². The third-order valence-electron chi connectivity index (χ3n) is 27.5. The minimum Gasteiger partial charge on any atom is -0.396 e. The third kappa shape index (κ3) is 23.0. The number of allylic oxidation sites excluding steroid dienone is 5. The number of aromatic nitrogens is 15. The first kappa shape index (κ1) is 94.2. The van der Waals surface area contributed by atoms with E-state index < -0.39 is 6.17 Å². The number of alkyl halides is 1. The number of aliphatic hydroxyl groups is 2. The molecule has 141 heavy (non-hydrogen) atoms. The van der Waals surface area contributed by atoms with E-state index >= 15 is 0 Å². The van der Waals surface area contributed by atoms with Crippen molar-refractivity contribution < 1.29 is 48.0 Å². The van der Waals surface area contributed by atoms with Gasteiger partial charge in [-0.2, -0.15) is 48.1 Å². The predicted molar refractivity (Wildman–Crippen MR) is 540 cm³/mol. The van der Waals surface area contributed by atoms with Crippen molar-refractivity contribution in [1.29, 1.82) is 0 Å². The molecule has 7 aliphatic carbocycles. The Hall–Kier alpha value is -14.4. The van der Waals surface area contributed by atoms with E-state index in [9.17, 15) is 38.6 Å². The second-order valence-corrected chi connectivity index (χ2v) is 39.2. The number of hydrogen-bond donors (Lipinski definition) is 16. The highest BCUT2D eigenvalue weighted by molar-refractivity contribution is 5.94. The molecule has 24 rings (SSSR count). The van der Waals surface area contributed by atoms with Gasteiger partial charge in [-0.15, -0.1) is 0 Å². The van der Waals surface area contributed by atoms with Crippen LogP contribution in [0, 0.1) is 5.41 Å². The van der Waals surface area contributed by atoms with Crippen molar-refractivity contribution in [3.63, 3.8) is 0 Å². The lowest BCUT2D eigenvalue weighted by molar-refractivity contribution is -0.119. The van der Waals surface area contributed by atoms with Crippen LogP contribution in [-0.2, 0) is 33.4 Å². The van der Waals surface area contributed by atoms with Crippen molar-refractivity contribution in [1.82, 2.24) is 99.6 Å². The van der Waals surface area contributed by atoms with Gasteiger partial charge < -0.3 is 99.0 Å². The largest absolute Gasteiger partial charge is 0.396 e. The number of hydrogen-bond acceptors (Lipinski definition) is 29. The highest BCUT2D eigenvalue weighted by atomic mass is 19.1. The molecular formula is C101H123FN30O9. The van der Waals surface area contributed by atoms with E-state index in [0.29, 0.717) is 141 Å². The zero-order valence-electron chi connectivity index (χ0n) is 79.4. The molecule has 16 N–H and O–H groups in total. The van der Waals surface area contributed by atoms with Gasteiger partial charge >= 0.3 is 0 Å². The lowest BCUT2D eigenvalue weighted by atomic mass is 9.87. The Kier molecular flexibility index (Phi) is 27.5. The minimum absolute atomic E-state index is 0.0290. The second-order valence-electron chi connectivity index (χ2n) is 39.2. The van der Waals surface area contributed by atoms with Crippen molar-refractivity contribution in [2.75, 3.05) is 112 Å². The van der Waals surface area contributed by atoms with Gasteiger partial charge in [-0.1, -0.05) is 45.7 Å². The van der Waals surface area contributed by atoms with Crippen LogP contribution in [0.2, 0.25) is 0 Å². The quantitative estimate of drug-likeness (QED) is 0.0194. The molecule has 0 bridgehead atoms. The molecular weight excluding hydrogens is 1800 g/mol. The van der Waals surface area contributed by atoms with Crippen molar-refractivity contribution in [3.05, 3.63) is 178 Å². The molecule has 5 amide bonds. The number of nitrogens with zero attached hydrogens (tertiary/aromatic N) is 16. The van der Waals surface area contributed by atoms with Crippen molar-refractivity contribution in [3.8, 4) is 0 Å². The van der Waals surface area contributed by atoms with Crippen LogP contribution in [0.25, 0.3) is 58.6 Å². The minimum atomic E-state index is -0.812. The Labute approximate surface area is 813 Å². The number of amides is 5. The Morgan fingerprint density at radius 2 is 0.738 bits per heavy atom. The lowest BCUT2D eigenvalue weighted by Gasteiger charge is -2.27. The fourth-order valence-electron chi connectivity index (χ4n) is 18.7. The summed E-state index contributed by atoms with van der Waals surface area (Å²) in [7, 11) is 1.70. The van der Waals surface area contributed by atoms with E-state index in [-0.39, 0.29) is 47.7 Å². The average Bonchev–Trinajstić information content (AvgIpc) is 1.63. The Bertz CT molecular complexity index is 6730. The van der Waals surface area contributed by atoms with Crippen molar-refractivity contribution in [2.45, 2.75) is 228 Å². The Balaban J connectivity index is 0.000000108. The molecule has 17 heterocycles. The molecule has 14 fully saturated rings. The monoisotopic (exact) mass is 1920 g/mol. The maximum absolute atomic E-state index is 13.7. The molecule has 10 aromatic heterocycles. The van der Waals surface area contributed by atoms with Gasteiger partial charge in [0.1, 0.15) is 64.4 Å². The van der Waals surface area contributed by atoms with E-state index in [1.807, 2.05) is 83.7 Å². The topological polar surface area (TPSA) is 467 Å². The molecule has 0 radical (unpaired) electrons. The van der Waals surface area contributed by atoms with Gasteiger partial charge in [0.2, 0.25) is 29.5 Å². The van der Waals surface area contributed by atoms with Crippen LogP contribution in [0.4, 0.5) is 62.6 Å².